The molecule has 0 aliphatic carbocycles. The fourth-order valence-electron chi connectivity index (χ4n) is 6.50. The van der Waals surface area contributed by atoms with Gasteiger partial charge in [-0.3, -0.25) is 38.6 Å². The first-order valence-corrected chi connectivity index (χ1v) is 16.7. The van der Waals surface area contributed by atoms with E-state index < -0.39 is 35.7 Å². The van der Waals surface area contributed by atoms with Crippen LogP contribution in [0.1, 0.15) is 82.0 Å². The smallest absolute Gasteiger partial charge is 0.262 e. The quantitative estimate of drug-likeness (QED) is 0.395. The van der Waals surface area contributed by atoms with Gasteiger partial charge in [-0.15, -0.1) is 0 Å². The van der Waals surface area contributed by atoms with Crippen LogP contribution in [0.2, 0.25) is 0 Å². The molecule has 12 heteroatoms. The van der Waals surface area contributed by atoms with Crippen LogP contribution in [-0.4, -0.2) is 120 Å². The first-order chi connectivity index (χ1) is 23.0. The van der Waals surface area contributed by atoms with Gasteiger partial charge in [0.05, 0.1) is 48.7 Å². The third-order valence-corrected chi connectivity index (χ3v) is 8.88. The molecule has 2 aromatic carbocycles. The second kappa shape index (κ2) is 15.2. The molecule has 0 radical (unpaired) electrons. The van der Waals surface area contributed by atoms with Crippen molar-refractivity contribution in [3.8, 4) is 0 Å². The van der Waals surface area contributed by atoms with Crippen molar-refractivity contribution in [3.63, 3.8) is 0 Å². The highest BCUT2D eigenvalue weighted by atomic mass is 16.5. The molecule has 0 saturated carbocycles. The summed E-state index contributed by atoms with van der Waals surface area (Å²) in [6, 6.07) is 11.2. The molecule has 3 aliphatic rings. The van der Waals surface area contributed by atoms with Gasteiger partial charge in [0.1, 0.15) is 12.1 Å². The second-order valence-electron chi connectivity index (χ2n) is 13.2. The number of imide groups is 2. The van der Waals surface area contributed by atoms with Gasteiger partial charge in [0, 0.05) is 26.2 Å². The van der Waals surface area contributed by atoms with E-state index in [1.54, 1.807) is 58.3 Å². The Balaban J connectivity index is 1.25. The highest BCUT2D eigenvalue weighted by Crippen LogP contribution is 2.29. The van der Waals surface area contributed by atoms with E-state index in [2.05, 4.69) is 0 Å². The van der Waals surface area contributed by atoms with Gasteiger partial charge in [-0.1, -0.05) is 52.0 Å². The third kappa shape index (κ3) is 7.19. The summed E-state index contributed by atoms with van der Waals surface area (Å²) in [5, 5.41) is 0. The number of carbonyl (C=O) groups is 6. The minimum absolute atomic E-state index is 0.0339. The van der Waals surface area contributed by atoms with Crippen LogP contribution in [0.25, 0.3) is 0 Å². The Bertz CT molecular complexity index is 1370. The summed E-state index contributed by atoms with van der Waals surface area (Å²) in [4.78, 5) is 86.6. The molecule has 0 spiro atoms. The van der Waals surface area contributed by atoms with E-state index in [-0.39, 0.29) is 76.3 Å². The molecule has 2 aromatic rings. The number of ether oxygens (including phenoxy) is 2. The molecule has 0 N–H and O–H groups in total. The van der Waals surface area contributed by atoms with Gasteiger partial charge in [0.2, 0.25) is 11.8 Å². The van der Waals surface area contributed by atoms with Gasteiger partial charge in [0.25, 0.3) is 23.6 Å². The predicted octanol–water partition coefficient (Wildman–Crippen LogP) is 3.11. The van der Waals surface area contributed by atoms with E-state index >= 15 is 0 Å². The zero-order valence-corrected chi connectivity index (χ0v) is 28.1. The molecular formula is C36H44N4O8. The van der Waals surface area contributed by atoms with Gasteiger partial charge >= 0.3 is 0 Å². The molecule has 3 heterocycles. The van der Waals surface area contributed by atoms with Crippen molar-refractivity contribution in [1.29, 1.82) is 0 Å². The SMILES string of the molecule is CC(C)CC(C(=O)N1CCOCCN(C(=O)C(CC(C)C)N2C(=O)c3ccccc3C2=O)CCOCC1)N1C(=O)c2ccccc2C1=O. The molecule has 2 atom stereocenters. The lowest BCUT2D eigenvalue weighted by Gasteiger charge is -2.34. The summed E-state index contributed by atoms with van der Waals surface area (Å²) in [6.45, 7) is 9.13. The molecule has 0 aromatic heterocycles. The van der Waals surface area contributed by atoms with Crippen LogP contribution >= 0.6 is 0 Å². The number of nitrogens with zero attached hydrogens (tertiary/aromatic N) is 4. The average molecular weight is 661 g/mol. The first-order valence-electron chi connectivity index (χ1n) is 16.7. The van der Waals surface area contributed by atoms with E-state index in [1.807, 2.05) is 27.7 Å². The Morgan fingerprint density at radius 2 is 0.812 bits per heavy atom. The summed E-state index contributed by atoms with van der Waals surface area (Å²) in [5.74, 6) is -2.53. The minimum Gasteiger partial charge on any atom is -0.378 e. The van der Waals surface area contributed by atoms with Gasteiger partial charge in [-0.2, -0.15) is 0 Å². The summed E-state index contributed by atoms with van der Waals surface area (Å²) in [5.41, 5.74) is 1.17. The summed E-state index contributed by atoms with van der Waals surface area (Å²) in [7, 11) is 0. The summed E-state index contributed by atoms with van der Waals surface area (Å²) >= 11 is 0. The predicted molar refractivity (Wildman–Crippen MR) is 175 cm³/mol. The van der Waals surface area contributed by atoms with Crippen LogP contribution in [0.15, 0.2) is 48.5 Å². The molecule has 12 nitrogen and oxygen atoms in total. The molecule has 1 fully saturated rings. The second-order valence-corrected chi connectivity index (χ2v) is 13.2. The van der Waals surface area contributed by atoms with Gasteiger partial charge < -0.3 is 19.3 Å². The number of amides is 6. The Morgan fingerprint density at radius 3 is 1.06 bits per heavy atom. The summed E-state index contributed by atoms with van der Waals surface area (Å²) in [6.07, 6.45) is 0.620. The monoisotopic (exact) mass is 660 g/mol. The van der Waals surface area contributed by atoms with E-state index in [4.69, 9.17) is 9.47 Å². The van der Waals surface area contributed by atoms with Crippen LogP contribution in [0, 0.1) is 11.8 Å². The zero-order chi connectivity index (χ0) is 34.5. The molecule has 3 aliphatic heterocycles. The van der Waals surface area contributed by atoms with Gasteiger partial charge in [0.15, 0.2) is 0 Å². The lowest BCUT2D eigenvalue weighted by molar-refractivity contribution is -0.139. The molecule has 1 saturated heterocycles. The van der Waals surface area contributed by atoms with Crippen LogP contribution in [0.3, 0.4) is 0 Å². The Morgan fingerprint density at radius 1 is 0.542 bits per heavy atom. The van der Waals surface area contributed by atoms with E-state index in [0.29, 0.717) is 35.1 Å². The van der Waals surface area contributed by atoms with Crippen molar-refractivity contribution in [2.75, 3.05) is 52.6 Å². The van der Waals surface area contributed by atoms with E-state index in [1.165, 1.54) is 0 Å². The maximum Gasteiger partial charge on any atom is 0.262 e. The highest BCUT2D eigenvalue weighted by Gasteiger charge is 2.45. The number of hydrogen-bond donors (Lipinski definition) is 0. The summed E-state index contributed by atoms with van der Waals surface area (Å²) < 4.78 is 11.8. The Hall–Kier alpha value is -4.42. The number of benzene rings is 2. The molecule has 6 amide bonds. The van der Waals surface area contributed by atoms with Gasteiger partial charge in [-0.05, 0) is 48.9 Å². The lowest BCUT2D eigenvalue weighted by atomic mass is 10.0. The van der Waals surface area contributed by atoms with Crippen molar-refractivity contribution >= 4 is 35.4 Å². The molecular weight excluding hydrogens is 616 g/mol. The van der Waals surface area contributed by atoms with Crippen molar-refractivity contribution in [2.45, 2.75) is 52.6 Å². The number of carbonyl (C=O) groups excluding carboxylic acids is 6. The van der Waals surface area contributed by atoms with Crippen LogP contribution in [-0.2, 0) is 19.1 Å². The number of fused-ring (bicyclic) bond motifs is 2. The van der Waals surface area contributed by atoms with Crippen molar-refractivity contribution in [3.05, 3.63) is 70.8 Å². The highest BCUT2D eigenvalue weighted by molar-refractivity contribution is 6.23. The Labute approximate surface area is 280 Å². The Kier molecular flexibility index (Phi) is 11.1. The molecule has 5 rings (SSSR count). The minimum atomic E-state index is -0.974. The van der Waals surface area contributed by atoms with E-state index in [0.717, 1.165) is 9.80 Å². The van der Waals surface area contributed by atoms with Crippen LogP contribution < -0.4 is 0 Å². The number of rotatable bonds is 8. The zero-order valence-electron chi connectivity index (χ0n) is 28.1. The fraction of sp³-hybridized carbons (Fsp3) is 0.500. The van der Waals surface area contributed by atoms with Crippen molar-refractivity contribution in [2.24, 2.45) is 11.8 Å². The van der Waals surface area contributed by atoms with E-state index in [9.17, 15) is 28.8 Å². The van der Waals surface area contributed by atoms with Crippen LogP contribution in [0.5, 0.6) is 0 Å². The maximum absolute atomic E-state index is 14.0. The van der Waals surface area contributed by atoms with Crippen LogP contribution in [0.4, 0.5) is 0 Å². The lowest BCUT2D eigenvalue weighted by Crippen LogP contribution is -2.53. The van der Waals surface area contributed by atoms with Gasteiger partial charge in [-0.25, -0.2) is 0 Å². The van der Waals surface area contributed by atoms with Crippen molar-refractivity contribution in [1.82, 2.24) is 19.6 Å². The normalized spacial score (nSPS) is 19.0. The van der Waals surface area contributed by atoms with Crippen molar-refractivity contribution < 1.29 is 38.2 Å². The molecule has 0 bridgehead atoms. The molecule has 2 unspecified atom stereocenters. The average Bonchev–Trinajstić information content (AvgIpc) is 3.46. The largest absolute Gasteiger partial charge is 0.378 e. The fourth-order valence-corrected chi connectivity index (χ4v) is 6.50. The molecule has 256 valence electrons. The first kappa shape index (κ1) is 34.9. The third-order valence-electron chi connectivity index (χ3n) is 8.88. The standard InChI is InChI=1S/C36H44N4O8/c1-23(2)21-29(39-31(41)25-9-5-6-10-26(25)32(39)42)35(45)37-13-17-47-19-15-38(16-20-48-18-14-37)36(46)30(22-24(3)4)40-33(43)27-11-7-8-12-28(27)34(40)44/h5-12,23-24,29-30H,13-22H2,1-4H3. The topological polar surface area (TPSA) is 134 Å². The number of hydrogen-bond acceptors (Lipinski definition) is 8. The molecule has 48 heavy (non-hydrogen) atoms. The maximum atomic E-state index is 14.0.